The number of amides is 1. The number of hydrogen-bond acceptors (Lipinski definition) is 2. The van der Waals surface area contributed by atoms with E-state index in [4.69, 9.17) is 0 Å². The summed E-state index contributed by atoms with van der Waals surface area (Å²) >= 11 is 0. The summed E-state index contributed by atoms with van der Waals surface area (Å²) in [5.41, 5.74) is 2.82. The Morgan fingerprint density at radius 1 is 1.21 bits per heavy atom. The standard InChI is InChI=1S/C16H22N2O/c1-13-8-9-14-5-2-3-6-15(14)18(13)12-11-17-10-4-7-16(17)19/h2-3,5-6,13H,4,7-12H2,1H3. The molecule has 0 saturated carbocycles. The molecule has 1 atom stereocenters. The molecule has 1 saturated heterocycles. The zero-order valence-electron chi connectivity index (χ0n) is 11.6. The number of aryl methyl sites for hydroxylation is 1. The number of rotatable bonds is 3. The van der Waals surface area contributed by atoms with E-state index in [9.17, 15) is 4.79 Å². The molecule has 0 bridgehead atoms. The summed E-state index contributed by atoms with van der Waals surface area (Å²) < 4.78 is 0. The van der Waals surface area contributed by atoms with Gasteiger partial charge in [0.2, 0.25) is 5.91 Å². The normalized spacial score (nSPS) is 22.8. The fourth-order valence-corrected chi connectivity index (χ4v) is 3.27. The Bertz CT molecular complexity index is 472. The zero-order chi connectivity index (χ0) is 13.2. The molecule has 3 rings (SSSR count). The van der Waals surface area contributed by atoms with Gasteiger partial charge in [0.1, 0.15) is 0 Å². The Morgan fingerprint density at radius 2 is 2.05 bits per heavy atom. The van der Waals surface area contributed by atoms with Gasteiger partial charge in [-0.05, 0) is 37.8 Å². The number of hydrogen-bond donors (Lipinski definition) is 0. The average molecular weight is 258 g/mol. The van der Waals surface area contributed by atoms with Crippen molar-refractivity contribution in [2.24, 2.45) is 0 Å². The van der Waals surface area contributed by atoms with Crippen LogP contribution in [0.3, 0.4) is 0 Å². The van der Waals surface area contributed by atoms with Gasteiger partial charge < -0.3 is 9.80 Å². The number of fused-ring (bicyclic) bond motifs is 1. The first-order chi connectivity index (χ1) is 9.25. The fraction of sp³-hybridized carbons (Fsp3) is 0.562. The summed E-state index contributed by atoms with van der Waals surface area (Å²) in [5.74, 6) is 0.331. The Balaban J connectivity index is 1.71. The number of carbonyl (C=O) groups excluding carboxylic acids is 1. The van der Waals surface area contributed by atoms with Crippen molar-refractivity contribution in [2.75, 3.05) is 24.5 Å². The van der Waals surface area contributed by atoms with Crippen LogP contribution >= 0.6 is 0 Å². The third-order valence-corrected chi connectivity index (χ3v) is 4.45. The summed E-state index contributed by atoms with van der Waals surface area (Å²) in [5, 5.41) is 0. The third-order valence-electron chi connectivity index (χ3n) is 4.45. The van der Waals surface area contributed by atoms with E-state index in [0.29, 0.717) is 11.9 Å². The van der Waals surface area contributed by atoms with Crippen LogP contribution < -0.4 is 4.90 Å². The maximum Gasteiger partial charge on any atom is 0.222 e. The summed E-state index contributed by atoms with van der Waals surface area (Å²) in [6, 6.07) is 9.26. The molecule has 1 fully saturated rings. The molecule has 0 aromatic heterocycles. The number of anilines is 1. The van der Waals surface area contributed by atoms with Crippen molar-refractivity contribution in [1.82, 2.24) is 4.90 Å². The van der Waals surface area contributed by atoms with E-state index in [0.717, 1.165) is 32.5 Å². The lowest BCUT2D eigenvalue weighted by molar-refractivity contribution is -0.127. The smallest absolute Gasteiger partial charge is 0.222 e. The van der Waals surface area contributed by atoms with Gasteiger partial charge >= 0.3 is 0 Å². The highest BCUT2D eigenvalue weighted by Gasteiger charge is 2.25. The predicted molar refractivity (Wildman–Crippen MR) is 77.4 cm³/mol. The highest BCUT2D eigenvalue weighted by molar-refractivity contribution is 5.78. The van der Waals surface area contributed by atoms with E-state index in [-0.39, 0.29) is 0 Å². The lowest BCUT2D eigenvalue weighted by Gasteiger charge is -2.38. The highest BCUT2D eigenvalue weighted by atomic mass is 16.2. The van der Waals surface area contributed by atoms with Gasteiger partial charge in [0.05, 0.1) is 0 Å². The molecule has 0 N–H and O–H groups in total. The maximum absolute atomic E-state index is 11.7. The maximum atomic E-state index is 11.7. The second-order valence-corrected chi connectivity index (χ2v) is 5.69. The SMILES string of the molecule is CC1CCc2ccccc2N1CCN1CCCC1=O. The van der Waals surface area contributed by atoms with Gasteiger partial charge in [0.15, 0.2) is 0 Å². The van der Waals surface area contributed by atoms with Crippen LogP contribution in [0.1, 0.15) is 31.7 Å². The molecule has 2 aliphatic heterocycles. The minimum atomic E-state index is 0.331. The molecule has 0 radical (unpaired) electrons. The molecule has 1 unspecified atom stereocenters. The lowest BCUT2D eigenvalue weighted by atomic mass is 9.97. The van der Waals surface area contributed by atoms with Crippen LogP contribution in [0, 0.1) is 0 Å². The molecule has 3 heteroatoms. The number of carbonyl (C=O) groups is 1. The molecular formula is C16H22N2O. The molecule has 0 spiro atoms. The summed E-state index contributed by atoms with van der Waals surface area (Å²) in [6.07, 6.45) is 4.17. The molecular weight excluding hydrogens is 236 g/mol. The molecule has 3 nitrogen and oxygen atoms in total. The van der Waals surface area contributed by atoms with Crippen LogP contribution in [0.5, 0.6) is 0 Å². The van der Waals surface area contributed by atoms with Crippen molar-refractivity contribution in [2.45, 2.75) is 38.6 Å². The van der Waals surface area contributed by atoms with Crippen molar-refractivity contribution >= 4 is 11.6 Å². The first kappa shape index (κ1) is 12.5. The molecule has 1 aromatic rings. The highest BCUT2D eigenvalue weighted by Crippen LogP contribution is 2.30. The average Bonchev–Trinajstić information content (AvgIpc) is 2.83. The van der Waals surface area contributed by atoms with Gasteiger partial charge in [-0.25, -0.2) is 0 Å². The first-order valence-electron chi connectivity index (χ1n) is 7.38. The van der Waals surface area contributed by atoms with Gasteiger partial charge in [0, 0.05) is 37.8 Å². The quantitative estimate of drug-likeness (QED) is 0.831. The Kier molecular flexibility index (Phi) is 3.45. The van der Waals surface area contributed by atoms with Gasteiger partial charge in [-0.15, -0.1) is 0 Å². The number of benzene rings is 1. The van der Waals surface area contributed by atoms with Crippen molar-refractivity contribution in [3.63, 3.8) is 0 Å². The van der Waals surface area contributed by atoms with Crippen LogP contribution in [-0.4, -0.2) is 36.5 Å². The van der Waals surface area contributed by atoms with Gasteiger partial charge in [-0.1, -0.05) is 18.2 Å². The van der Waals surface area contributed by atoms with E-state index >= 15 is 0 Å². The van der Waals surface area contributed by atoms with Crippen molar-refractivity contribution in [3.8, 4) is 0 Å². The lowest BCUT2D eigenvalue weighted by Crippen LogP contribution is -2.42. The van der Waals surface area contributed by atoms with Crippen LogP contribution in [0.15, 0.2) is 24.3 Å². The van der Waals surface area contributed by atoms with Gasteiger partial charge in [-0.2, -0.15) is 0 Å². The first-order valence-corrected chi connectivity index (χ1v) is 7.38. The van der Waals surface area contributed by atoms with Gasteiger partial charge in [0.25, 0.3) is 0 Å². The van der Waals surface area contributed by atoms with Crippen LogP contribution in [0.2, 0.25) is 0 Å². The summed E-state index contributed by atoms with van der Waals surface area (Å²) in [4.78, 5) is 16.2. The third kappa shape index (κ3) is 2.46. The summed E-state index contributed by atoms with van der Waals surface area (Å²) in [7, 11) is 0. The number of para-hydroxylation sites is 1. The minimum absolute atomic E-state index is 0.331. The number of likely N-dealkylation sites (tertiary alicyclic amines) is 1. The molecule has 2 heterocycles. The van der Waals surface area contributed by atoms with E-state index in [1.54, 1.807) is 0 Å². The zero-order valence-corrected chi connectivity index (χ0v) is 11.6. The van der Waals surface area contributed by atoms with E-state index in [1.807, 2.05) is 4.90 Å². The molecule has 2 aliphatic rings. The number of nitrogens with zero attached hydrogens (tertiary/aromatic N) is 2. The van der Waals surface area contributed by atoms with Crippen molar-refractivity contribution in [3.05, 3.63) is 29.8 Å². The summed E-state index contributed by atoms with van der Waals surface area (Å²) in [6.45, 7) is 5.08. The van der Waals surface area contributed by atoms with E-state index in [2.05, 4.69) is 36.1 Å². The van der Waals surface area contributed by atoms with Crippen molar-refractivity contribution < 1.29 is 4.79 Å². The minimum Gasteiger partial charge on any atom is -0.367 e. The Morgan fingerprint density at radius 3 is 2.84 bits per heavy atom. The fourth-order valence-electron chi connectivity index (χ4n) is 3.27. The Labute approximate surface area is 115 Å². The van der Waals surface area contributed by atoms with Crippen LogP contribution in [0.4, 0.5) is 5.69 Å². The largest absolute Gasteiger partial charge is 0.367 e. The van der Waals surface area contributed by atoms with Crippen LogP contribution in [0.25, 0.3) is 0 Å². The second kappa shape index (κ2) is 5.24. The van der Waals surface area contributed by atoms with Crippen molar-refractivity contribution in [1.29, 1.82) is 0 Å². The molecule has 1 aromatic carbocycles. The molecule has 102 valence electrons. The topological polar surface area (TPSA) is 23.6 Å². The van der Waals surface area contributed by atoms with E-state index in [1.165, 1.54) is 24.1 Å². The van der Waals surface area contributed by atoms with Gasteiger partial charge in [-0.3, -0.25) is 4.79 Å². The van der Waals surface area contributed by atoms with Crippen LogP contribution in [-0.2, 0) is 11.2 Å². The molecule has 1 amide bonds. The second-order valence-electron chi connectivity index (χ2n) is 5.69. The predicted octanol–water partition coefficient (Wildman–Crippen LogP) is 2.45. The molecule has 0 aliphatic carbocycles. The van der Waals surface area contributed by atoms with E-state index < -0.39 is 0 Å². The monoisotopic (exact) mass is 258 g/mol. The molecule has 19 heavy (non-hydrogen) atoms. The Hall–Kier alpha value is -1.51.